The third-order valence-electron chi connectivity index (χ3n) is 6.05. The maximum absolute atomic E-state index is 3.62. The fraction of sp³-hybridized carbons (Fsp3) is 0.684. The van der Waals surface area contributed by atoms with E-state index in [1.54, 1.807) is 11.9 Å². The standard InChI is InChI=1S/C19H29N3S/c1-15-6-2-3-7-16(15)14-21-10-12-22(13-11-21)19-17-8-4-5-9-18(17)23-20-19/h4-5,8-9,15-16,19-20H,2-3,6-7,10-14H2,1H3/t15-,16+,19?/m1/s1. The van der Waals surface area contributed by atoms with E-state index < -0.39 is 0 Å². The van der Waals surface area contributed by atoms with Gasteiger partial charge in [-0.2, -0.15) is 0 Å². The molecule has 126 valence electrons. The third-order valence-corrected chi connectivity index (χ3v) is 6.98. The molecule has 0 amide bonds. The van der Waals surface area contributed by atoms with Gasteiger partial charge in [-0.15, -0.1) is 0 Å². The molecule has 3 atom stereocenters. The van der Waals surface area contributed by atoms with Gasteiger partial charge in [-0.05, 0) is 41.8 Å². The second-order valence-electron chi connectivity index (χ2n) is 7.52. The van der Waals surface area contributed by atoms with Crippen molar-refractivity contribution in [2.24, 2.45) is 11.8 Å². The van der Waals surface area contributed by atoms with Crippen LogP contribution in [-0.2, 0) is 0 Å². The minimum absolute atomic E-state index is 0.409. The number of hydrogen-bond acceptors (Lipinski definition) is 4. The summed E-state index contributed by atoms with van der Waals surface area (Å²) < 4.78 is 3.62. The average Bonchev–Trinajstić information content (AvgIpc) is 3.02. The molecule has 23 heavy (non-hydrogen) atoms. The van der Waals surface area contributed by atoms with Gasteiger partial charge in [0.05, 0.1) is 6.17 Å². The summed E-state index contributed by atoms with van der Waals surface area (Å²) in [6.45, 7) is 8.64. The first-order valence-electron chi connectivity index (χ1n) is 9.29. The Balaban J connectivity index is 1.31. The first-order chi connectivity index (χ1) is 11.3. The molecule has 3 aliphatic rings. The van der Waals surface area contributed by atoms with Gasteiger partial charge in [0, 0.05) is 37.6 Å². The van der Waals surface area contributed by atoms with Crippen LogP contribution in [-0.4, -0.2) is 42.5 Å². The number of benzene rings is 1. The fourth-order valence-electron chi connectivity index (χ4n) is 4.45. The average molecular weight is 332 g/mol. The van der Waals surface area contributed by atoms with Crippen molar-refractivity contribution in [1.29, 1.82) is 0 Å². The van der Waals surface area contributed by atoms with Crippen molar-refractivity contribution in [3.8, 4) is 0 Å². The summed E-state index contributed by atoms with van der Waals surface area (Å²) in [5, 5.41) is 0. The molecule has 2 heterocycles. The minimum atomic E-state index is 0.409. The summed E-state index contributed by atoms with van der Waals surface area (Å²) in [5.41, 5.74) is 1.46. The molecule has 4 heteroatoms. The van der Waals surface area contributed by atoms with E-state index in [2.05, 4.69) is 45.7 Å². The van der Waals surface area contributed by atoms with E-state index in [9.17, 15) is 0 Å². The van der Waals surface area contributed by atoms with Gasteiger partial charge >= 0.3 is 0 Å². The molecule has 1 saturated heterocycles. The number of rotatable bonds is 3. The molecule has 1 aromatic rings. The Kier molecular flexibility index (Phi) is 4.95. The van der Waals surface area contributed by atoms with E-state index >= 15 is 0 Å². The highest BCUT2D eigenvalue weighted by molar-refractivity contribution is 7.97. The zero-order valence-electron chi connectivity index (χ0n) is 14.2. The molecular formula is C19H29N3S. The van der Waals surface area contributed by atoms with Crippen molar-refractivity contribution in [3.05, 3.63) is 29.8 Å². The Labute approximate surface area is 144 Å². The Morgan fingerprint density at radius 2 is 1.87 bits per heavy atom. The smallest absolute Gasteiger partial charge is 0.0967 e. The van der Waals surface area contributed by atoms with Crippen LogP contribution in [0.4, 0.5) is 0 Å². The lowest BCUT2D eigenvalue weighted by atomic mass is 9.80. The van der Waals surface area contributed by atoms with Gasteiger partial charge in [-0.3, -0.25) is 4.90 Å². The molecular weight excluding hydrogens is 302 g/mol. The van der Waals surface area contributed by atoms with E-state index in [4.69, 9.17) is 0 Å². The van der Waals surface area contributed by atoms with Gasteiger partial charge in [-0.1, -0.05) is 44.4 Å². The molecule has 2 fully saturated rings. The molecule has 3 nitrogen and oxygen atoms in total. The maximum atomic E-state index is 3.62. The fourth-order valence-corrected chi connectivity index (χ4v) is 5.41. The van der Waals surface area contributed by atoms with Crippen LogP contribution >= 0.6 is 11.9 Å². The van der Waals surface area contributed by atoms with Gasteiger partial charge < -0.3 is 4.90 Å². The van der Waals surface area contributed by atoms with Gasteiger partial charge in [0.1, 0.15) is 0 Å². The largest absolute Gasteiger partial charge is 0.301 e. The molecule has 1 saturated carbocycles. The maximum Gasteiger partial charge on any atom is 0.0967 e. The van der Waals surface area contributed by atoms with Gasteiger partial charge in [0.15, 0.2) is 0 Å². The predicted octanol–water partition coefficient (Wildman–Crippen LogP) is 3.74. The van der Waals surface area contributed by atoms with E-state index in [0.717, 1.165) is 11.8 Å². The van der Waals surface area contributed by atoms with Crippen LogP contribution in [0.15, 0.2) is 29.2 Å². The summed E-state index contributed by atoms with van der Waals surface area (Å²) in [7, 11) is 0. The minimum Gasteiger partial charge on any atom is -0.301 e. The SMILES string of the molecule is C[C@@H]1CCCC[C@H]1CN1CCN(C2NSc3ccccc32)CC1. The number of hydrogen-bond donors (Lipinski definition) is 1. The highest BCUT2D eigenvalue weighted by Crippen LogP contribution is 2.37. The highest BCUT2D eigenvalue weighted by Gasteiger charge is 2.31. The zero-order valence-corrected chi connectivity index (χ0v) is 15.0. The molecule has 0 spiro atoms. The van der Waals surface area contributed by atoms with Crippen LogP contribution in [0.3, 0.4) is 0 Å². The molecule has 2 aliphatic heterocycles. The topological polar surface area (TPSA) is 18.5 Å². The summed E-state index contributed by atoms with van der Waals surface area (Å²) in [5.74, 6) is 1.87. The number of fused-ring (bicyclic) bond motifs is 1. The lowest BCUT2D eigenvalue weighted by Crippen LogP contribution is -2.50. The lowest BCUT2D eigenvalue weighted by Gasteiger charge is -2.40. The van der Waals surface area contributed by atoms with Crippen LogP contribution in [0, 0.1) is 11.8 Å². The number of piperazine rings is 1. The van der Waals surface area contributed by atoms with Crippen molar-refractivity contribution in [2.45, 2.75) is 43.7 Å². The lowest BCUT2D eigenvalue weighted by molar-refractivity contribution is 0.0694. The van der Waals surface area contributed by atoms with Crippen LogP contribution in [0.25, 0.3) is 0 Å². The molecule has 0 aromatic heterocycles. The predicted molar refractivity (Wildman–Crippen MR) is 97.3 cm³/mol. The van der Waals surface area contributed by atoms with Crippen LogP contribution in [0.1, 0.15) is 44.3 Å². The quantitative estimate of drug-likeness (QED) is 0.850. The molecule has 4 rings (SSSR count). The first kappa shape index (κ1) is 15.9. The molecule has 1 N–H and O–H groups in total. The van der Waals surface area contributed by atoms with Gasteiger partial charge in [0.25, 0.3) is 0 Å². The van der Waals surface area contributed by atoms with Crippen molar-refractivity contribution in [3.63, 3.8) is 0 Å². The summed E-state index contributed by atoms with van der Waals surface area (Å²) >= 11 is 1.79. The van der Waals surface area contributed by atoms with Gasteiger partial charge in [-0.25, -0.2) is 4.72 Å². The molecule has 0 bridgehead atoms. The summed E-state index contributed by atoms with van der Waals surface area (Å²) in [6, 6.07) is 8.82. The second-order valence-corrected chi connectivity index (χ2v) is 8.40. The number of nitrogens with zero attached hydrogens (tertiary/aromatic N) is 2. The van der Waals surface area contributed by atoms with Crippen molar-refractivity contribution < 1.29 is 0 Å². The summed E-state index contributed by atoms with van der Waals surface area (Å²) in [6.07, 6.45) is 6.22. The normalized spacial score (nSPS) is 32.8. The van der Waals surface area contributed by atoms with Crippen LogP contribution in [0.5, 0.6) is 0 Å². The molecule has 1 unspecified atom stereocenters. The van der Waals surface area contributed by atoms with E-state index in [1.807, 2.05) is 0 Å². The Morgan fingerprint density at radius 3 is 2.70 bits per heavy atom. The third kappa shape index (κ3) is 3.46. The highest BCUT2D eigenvalue weighted by atomic mass is 32.2. The van der Waals surface area contributed by atoms with Gasteiger partial charge in [0.2, 0.25) is 0 Å². The molecule has 1 aromatic carbocycles. The van der Waals surface area contributed by atoms with Crippen LogP contribution in [0.2, 0.25) is 0 Å². The van der Waals surface area contributed by atoms with E-state index in [1.165, 1.54) is 68.9 Å². The zero-order chi connectivity index (χ0) is 15.6. The van der Waals surface area contributed by atoms with Crippen molar-refractivity contribution >= 4 is 11.9 Å². The Morgan fingerprint density at radius 1 is 1.09 bits per heavy atom. The molecule has 0 radical (unpaired) electrons. The molecule has 1 aliphatic carbocycles. The van der Waals surface area contributed by atoms with Crippen molar-refractivity contribution in [2.75, 3.05) is 32.7 Å². The monoisotopic (exact) mass is 331 g/mol. The van der Waals surface area contributed by atoms with E-state index in [0.29, 0.717) is 6.17 Å². The second kappa shape index (κ2) is 7.14. The Bertz CT molecular complexity index is 527. The van der Waals surface area contributed by atoms with Crippen LogP contribution < -0.4 is 4.72 Å². The summed E-state index contributed by atoms with van der Waals surface area (Å²) in [4.78, 5) is 6.74. The number of nitrogens with one attached hydrogen (secondary N) is 1. The Hall–Kier alpha value is -0.550. The van der Waals surface area contributed by atoms with Crippen molar-refractivity contribution in [1.82, 2.24) is 14.5 Å². The first-order valence-corrected chi connectivity index (χ1v) is 10.1. The van der Waals surface area contributed by atoms with E-state index in [-0.39, 0.29) is 0 Å².